The molecule has 0 fully saturated rings. The molecule has 0 aliphatic carbocycles. The van der Waals surface area contributed by atoms with E-state index in [1.165, 1.54) is 28.5 Å². The van der Waals surface area contributed by atoms with E-state index in [4.69, 9.17) is 0 Å². The predicted octanol–water partition coefficient (Wildman–Crippen LogP) is 5.01. The summed E-state index contributed by atoms with van der Waals surface area (Å²) >= 11 is 0. The minimum atomic E-state index is 0.0634. The maximum atomic E-state index is 12.6. The van der Waals surface area contributed by atoms with Crippen molar-refractivity contribution >= 4 is 16.8 Å². The fourth-order valence-corrected chi connectivity index (χ4v) is 3.60. The van der Waals surface area contributed by atoms with Crippen LogP contribution in [-0.2, 0) is 11.8 Å². The second-order valence-electron chi connectivity index (χ2n) is 6.94. The van der Waals surface area contributed by atoms with Gasteiger partial charge in [-0.2, -0.15) is 0 Å². The summed E-state index contributed by atoms with van der Waals surface area (Å²) in [5.41, 5.74) is 3.61. The zero-order valence-electron chi connectivity index (χ0n) is 15.7. The highest BCUT2D eigenvalue weighted by atomic mass is 16.1. The van der Waals surface area contributed by atoms with Crippen molar-refractivity contribution in [2.75, 3.05) is 6.54 Å². The van der Waals surface area contributed by atoms with Crippen molar-refractivity contribution in [1.82, 2.24) is 9.88 Å². The number of carbonyl (C=O) groups excluding carboxylic acids is 1. The third-order valence-electron chi connectivity index (χ3n) is 5.00. The molecule has 3 aromatic rings. The van der Waals surface area contributed by atoms with Gasteiger partial charge in [0.2, 0.25) is 5.91 Å². The topological polar surface area (TPSA) is 34.0 Å². The molecule has 0 saturated carbocycles. The molecule has 1 heterocycles. The van der Waals surface area contributed by atoms with E-state index in [9.17, 15) is 4.79 Å². The Morgan fingerprint density at radius 2 is 1.77 bits per heavy atom. The van der Waals surface area contributed by atoms with Crippen LogP contribution in [0.5, 0.6) is 0 Å². The molecule has 3 rings (SSSR count). The molecule has 1 unspecified atom stereocenters. The molecule has 1 atom stereocenters. The van der Waals surface area contributed by atoms with Crippen LogP contribution >= 0.6 is 0 Å². The third kappa shape index (κ3) is 4.16. The highest BCUT2D eigenvalue weighted by Crippen LogP contribution is 2.34. The first-order valence-corrected chi connectivity index (χ1v) is 9.56. The van der Waals surface area contributed by atoms with Crippen LogP contribution < -0.4 is 5.32 Å². The van der Waals surface area contributed by atoms with E-state index in [1.54, 1.807) is 0 Å². The number of nitrogens with one attached hydrogen (secondary N) is 1. The molecule has 3 nitrogen and oxygen atoms in total. The van der Waals surface area contributed by atoms with E-state index in [0.717, 1.165) is 19.4 Å². The number of aromatic nitrogens is 1. The van der Waals surface area contributed by atoms with E-state index in [0.29, 0.717) is 6.42 Å². The first-order chi connectivity index (χ1) is 12.7. The minimum Gasteiger partial charge on any atom is -0.356 e. The standard InChI is InChI=1S/C23H28N2O/c1-3-4-10-15-24-23(26)16-20(18-11-6-5-7-12-18)21-17-25(2)22-14-9-8-13-19(21)22/h5-9,11-14,17,20H,3-4,10,15-16H2,1-2H3,(H,24,26). The Balaban J connectivity index is 1.88. The van der Waals surface area contributed by atoms with Crippen molar-refractivity contribution in [1.29, 1.82) is 0 Å². The summed E-state index contributed by atoms with van der Waals surface area (Å²) in [7, 11) is 2.07. The van der Waals surface area contributed by atoms with Crippen LogP contribution in [0.4, 0.5) is 0 Å². The van der Waals surface area contributed by atoms with Gasteiger partial charge in [-0.15, -0.1) is 0 Å². The lowest BCUT2D eigenvalue weighted by molar-refractivity contribution is -0.121. The smallest absolute Gasteiger partial charge is 0.220 e. The number of hydrogen-bond acceptors (Lipinski definition) is 1. The number of para-hydroxylation sites is 1. The fourth-order valence-electron chi connectivity index (χ4n) is 3.60. The van der Waals surface area contributed by atoms with E-state index in [2.05, 4.69) is 66.5 Å². The lowest BCUT2D eigenvalue weighted by atomic mass is 9.88. The highest BCUT2D eigenvalue weighted by molar-refractivity contribution is 5.86. The van der Waals surface area contributed by atoms with Gasteiger partial charge in [0.15, 0.2) is 0 Å². The monoisotopic (exact) mass is 348 g/mol. The van der Waals surface area contributed by atoms with Gasteiger partial charge < -0.3 is 9.88 Å². The molecule has 3 heteroatoms. The Kier molecular flexibility index (Phi) is 6.11. The molecule has 0 bridgehead atoms. The number of carbonyl (C=O) groups is 1. The Labute approximate surface area is 156 Å². The number of nitrogens with zero attached hydrogens (tertiary/aromatic N) is 1. The Morgan fingerprint density at radius 1 is 1.04 bits per heavy atom. The van der Waals surface area contributed by atoms with Gasteiger partial charge in [0.25, 0.3) is 0 Å². The largest absolute Gasteiger partial charge is 0.356 e. The molecule has 0 spiro atoms. The van der Waals surface area contributed by atoms with E-state index < -0.39 is 0 Å². The van der Waals surface area contributed by atoms with Gasteiger partial charge in [0.05, 0.1) is 0 Å². The summed E-state index contributed by atoms with van der Waals surface area (Å²) in [5.74, 6) is 0.191. The third-order valence-corrected chi connectivity index (χ3v) is 5.00. The quantitative estimate of drug-likeness (QED) is 0.571. The summed E-state index contributed by atoms with van der Waals surface area (Å²) in [6, 6.07) is 18.8. The lowest BCUT2D eigenvalue weighted by Gasteiger charge is -2.17. The van der Waals surface area contributed by atoms with Crippen LogP contribution in [-0.4, -0.2) is 17.0 Å². The fraction of sp³-hybridized carbons (Fsp3) is 0.348. The van der Waals surface area contributed by atoms with Gasteiger partial charge in [0, 0.05) is 43.0 Å². The molecule has 0 aliphatic heterocycles. The Morgan fingerprint density at radius 3 is 2.54 bits per heavy atom. The summed E-state index contributed by atoms with van der Waals surface area (Å²) in [6.45, 7) is 2.94. The first-order valence-electron chi connectivity index (χ1n) is 9.56. The maximum absolute atomic E-state index is 12.6. The van der Waals surface area contributed by atoms with Crippen molar-refractivity contribution in [2.24, 2.45) is 7.05 Å². The normalized spacial score (nSPS) is 12.2. The number of fused-ring (bicyclic) bond motifs is 1. The van der Waals surface area contributed by atoms with Crippen LogP contribution in [0.15, 0.2) is 60.8 Å². The number of hydrogen-bond donors (Lipinski definition) is 1. The maximum Gasteiger partial charge on any atom is 0.220 e. The Hall–Kier alpha value is -2.55. The molecule has 2 aromatic carbocycles. The summed E-state index contributed by atoms with van der Waals surface area (Å²) in [5, 5.41) is 4.32. The summed E-state index contributed by atoms with van der Waals surface area (Å²) < 4.78 is 2.15. The van der Waals surface area contributed by atoms with Crippen molar-refractivity contribution in [3.8, 4) is 0 Å². The van der Waals surface area contributed by atoms with E-state index in [1.807, 2.05) is 18.2 Å². The average molecular weight is 348 g/mol. The molecule has 0 radical (unpaired) electrons. The molecule has 1 N–H and O–H groups in total. The molecule has 0 aliphatic rings. The number of unbranched alkanes of at least 4 members (excludes halogenated alkanes) is 2. The second kappa shape index (κ2) is 8.70. The predicted molar refractivity (Wildman–Crippen MR) is 108 cm³/mol. The summed E-state index contributed by atoms with van der Waals surface area (Å²) in [4.78, 5) is 12.6. The van der Waals surface area contributed by atoms with Gasteiger partial charge in [-0.05, 0) is 23.6 Å². The van der Waals surface area contributed by atoms with Crippen molar-refractivity contribution < 1.29 is 4.79 Å². The van der Waals surface area contributed by atoms with E-state index >= 15 is 0 Å². The summed E-state index contributed by atoms with van der Waals surface area (Å²) in [6.07, 6.45) is 6.02. The van der Waals surface area contributed by atoms with E-state index in [-0.39, 0.29) is 11.8 Å². The highest BCUT2D eigenvalue weighted by Gasteiger charge is 2.21. The molecule has 1 aromatic heterocycles. The van der Waals surface area contributed by atoms with Gasteiger partial charge in [0.1, 0.15) is 0 Å². The SMILES string of the molecule is CCCCCNC(=O)CC(c1ccccc1)c1cn(C)c2ccccc12. The van der Waals surface area contributed by atoms with Crippen molar-refractivity contribution in [3.63, 3.8) is 0 Å². The average Bonchev–Trinajstić information content (AvgIpc) is 3.01. The van der Waals surface area contributed by atoms with Gasteiger partial charge in [-0.3, -0.25) is 4.79 Å². The van der Waals surface area contributed by atoms with Crippen LogP contribution in [0.1, 0.15) is 49.7 Å². The molecule has 26 heavy (non-hydrogen) atoms. The van der Waals surface area contributed by atoms with Crippen molar-refractivity contribution in [3.05, 3.63) is 71.9 Å². The van der Waals surface area contributed by atoms with Crippen LogP contribution in [0, 0.1) is 0 Å². The molecular formula is C23H28N2O. The van der Waals surface area contributed by atoms with Crippen LogP contribution in [0.3, 0.4) is 0 Å². The lowest BCUT2D eigenvalue weighted by Crippen LogP contribution is -2.26. The first kappa shape index (κ1) is 18.2. The number of amides is 1. The number of benzene rings is 2. The molecular weight excluding hydrogens is 320 g/mol. The zero-order chi connectivity index (χ0) is 18.4. The second-order valence-corrected chi connectivity index (χ2v) is 6.94. The van der Waals surface area contributed by atoms with Crippen molar-refractivity contribution in [2.45, 2.75) is 38.5 Å². The van der Waals surface area contributed by atoms with Crippen LogP contribution in [0.2, 0.25) is 0 Å². The van der Waals surface area contributed by atoms with Crippen LogP contribution in [0.25, 0.3) is 10.9 Å². The molecule has 0 saturated heterocycles. The van der Waals surface area contributed by atoms with Gasteiger partial charge in [-0.1, -0.05) is 68.3 Å². The minimum absolute atomic E-state index is 0.0634. The molecule has 136 valence electrons. The Bertz CT molecular complexity index is 851. The van der Waals surface area contributed by atoms with Gasteiger partial charge >= 0.3 is 0 Å². The van der Waals surface area contributed by atoms with Gasteiger partial charge in [-0.25, -0.2) is 0 Å². The molecule has 1 amide bonds. The number of rotatable bonds is 8. The number of aryl methyl sites for hydroxylation is 1. The zero-order valence-corrected chi connectivity index (χ0v) is 15.7.